The van der Waals surface area contributed by atoms with Crippen molar-refractivity contribution in [2.75, 3.05) is 31.5 Å². The van der Waals surface area contributed by atoms with Gasteiger partial charge in [-0.15, -0.1) is 0 Å². The van der Waals surface area contributed by atoms with Crippen molar-refractivity contribution in [1.29, 1.82) is 0 Å². The number of halogens is 1. The first-order valence-corrected chi connectivity index (χ1v) is 11.5. The number of fused-ring (bicyclic) bond motifs is 2. The number of nitrogens with zero attached hydrogens (tertiary/aromatic N) is 2. The SMILES string of the molecule is CN1CCCC1CCNC1c2ccccc2N(C)S(=O)(=O)c2cc(Cl)ccc21. The van der Waals surface area contributed by atoms with Crippen LogP contribution in [0.25, 0.3) is 0 Å². The fourth-order valence-corrected chi connectivity index (χ4v) is 6.11. The maximum absolute atomic E-state index is 13.2. The highest BCUT2D eigenvalue weighted by Gasteiger charge is 2.35. The van der Waals surface area contributed by atoms with Crippen LogP contribution in [0.2, 0.25) is 5.02 Å². The molecule has 2 aromatic rings. The highest BCUT2D eigenvalue weighted by molar-refractivity contribution is 7.92. The normalized spacial score (nSPS) is 23.9. The summed E-state index contributed by atoms with van der Waals surface area (Å²) in [5.41, 5.74) is 2.42. The molecule has 5 nitrogen and oxygen atoms in total. The molecule has 0 aromatic heterocycles. The number of rotatable bonds is 4. The van der Waals surface area contributed by atoms with Crippen molar-refractivity contribution >= 4 is 27.3 Å². The molecule has 0 aliphatic carbocycles. The first-order valence-electron chi connectivity index (χ1n) is 9.70. The zero-order valence-corrected chi connectivity index (χ0v) is 17.8. The lowest BCUT2D eigenvalue weighted by molar-refractivity contribution is 0.291. The number of likely N-dealkylation sites (tertiary alicyclic amines) is 1. The van der Waals surface area contributed by atoms with E-state index in [1.54, 1.807) is 19.2 Å². The summed E-state index contributed by atoms with van der Waals surface area (Å²) in [5.74, 6) is 0. The summed E-state index contributed by atoms with van der Waals surface area (Å²) >= 11 is 6.16. The second kappa shape index (κ2) is 7.67. The van der Waals surface area contributed by atoms with E-state index >= 15 is 0 Å². The molecule has 1 saturated heterocycles. The second-order valence-electron chi connectivity index (χ2n) is 7.67. The molecule has 4 rings (SSSR count). The van der Waals surface area contributed by atoms with Gasteiger partial charge in [-0.2, -0.15) is 0 Å². The maximum atomic E-state index is 13.2. The van der Waals surface area contributed by atoms with E-state index in [1.807, 2.05) is 30.3 Å². The van der Waals surface area contributed by atoms with Crippen molar-refractivity contribution in [1.82, 2.24) is 10.2 Å². The summed E-state index contributed by atoms with van der Waals surface area (Å²) in [5, 5.41) is 4.06. The smallest absolute Gasteiger partial charge is 0.264 e. The summed E-state index contributed by atoms with van der Waals surface area (Å²) in [4.78, 5) is 2.68. The number of hydrogen-bond donors (Lipinski definition) is 1. The zero-order chi connectivity index (χ0) is 19.9. The van der Waals surface area contributed by atoms with E-state index in [0.29, 0.717) is 16.8 Å². The molecule has 150 valence electrons. The van der Waals surface area contributed by atoms with Crippen LogP contribution in [-0.4, -0.2) is 46.5 Å². The molecule has 2 aliphatic rings. The minimum atomic E-state index is -3.67. The third kappa shape index (κ3) is 3.43. The molecule has 2 aliphatic heterocycles. The van der Waals surface area contributed by atoms with Gasteiger partial charge < -0.3 is 10.2 Å². The van der Waals surface area contributed by atoms with Gasteiger partial charge >= 0.3 is 0 Å². The van der Waals surface area contributed by atoms with Crippen molar-refractivity contribution in [2.45, 2.75) is 36.2 Å². The van der Waals surface area contributed by atoms with Gasteiger partial charge in [-0.25, -0.2) is 8.42 Å². The van der Waals surface area contributed by atoms with E-state index in [-0.39, 0.29) is 10.9 Å². The third-order valence-electron chi connectivity index (χ3n) is 6.01. The van der Waals surface area contributed by atoms with Crippen molar-refractivity contribution in [2.24, 2.45) is 0 Å². The van der Waals surface area contributed by atoms with Gasteiger partial charge in [0.25, 0.3) is 10.0 Å². The number of nitrogens with one attached hydrogen (secondary N) is 1. The van der Waals surface area contributed by atoms with Gasteiger partial charge in [0.15, 0.2) is 0 Å². The molecule has 28 heavy (non-hydrogen) atoms. The molecule has 0 bridgehead atoms. The molecule has 0 amide bonds. The summed E-state index contributed by atoms with van der Waals surface area (Å²) in [6.45, 7) is 1.97. The van der Waals surface area contributed by atoms with E-state index in [1.165, 1.54) is 17.1 Å². The Kier molecular flexibility index (Phi) is 5.40. The van der Waals surface area contributed by atoms with E-state index in [0.717, 1.165) is 30.6 Å². The summed E-state index contributed by atoms with van der Waals surface area (Å²) in [7, 11) is 0.109. The molecule has 2 aromatic carbocycles. The van der Waals surface area contributed by atoms with Gasteiger partial charge in [-0.1, -0.05) is 35.9 Å². The predicted molar refractivity (Wildman–Crippen MR) is 114 cm³/mol. The lowest BCUT2D eigenvalue weighted by atomic mass is 9.96. The highest BCUT2D eigenvalue weighted by atomic mass is 35.5. The van der Waals surface area contributed by atoms with Crippen molar-refractivity contribution in [3.05, 3.63) is 58.6 Å². The van der Waals surface area contributed by atoms with Gasteiger partial charge in [-0.3, -0.25) is 4.31 Å². The number of anilines is 1. The fourth-order valence-electron chi connectivity index (χ4n) is 4.39. The van der Waals surface area contributed by atoms with Gasteiger partial charge in [0, 0.05) is 18.1 Å². The lowest BCUT2D eigenvalue weighted by Gasteiger charge is -2.24. The van der Waals surface area contributed by atoms with E-state index < -0.39 is 10.0 Å². The molecular formula is C21H26ClN3O2S. The lowest BCUT2D eigenvalue weighted by Crippen LogP contribution is -2.31. The molecular weight excluding hydrogens is 394 g/mol. The van der Waals surface area contributed by atoms with Gasteiger partial charge in [-0.05, 0) is 68.7 Å². The zero-order valence-electron chi connectivity index (χ0n) is 16.2. The Bertz CT molecular complexity index is 979. The topological polar surface area (TPSA) is 52.6 Å². The molecule has 2 heterocycles. The second-order valence-corrected chi connectivity index (χ2v) is 10.0. The van der Waals surface area contributed by atoms with Crippen LogP contribution in [0.1, 0.15) is 36.4 Å². The molecule has 0 radical (unpaired) electrons. The maximum Gasteiger partial charge on any atom is 0.264 e. The highest BCUT2D eigenvalue weighted by Crippen LogP contribution is 2.40. The van der Waals surface area contributed by atoms with E-state index in [2.05, 4.69) is 17.3 Å². The van der Waals surface area contributed by atoms with Crippen molar-refractivity contribution in [3.8, 4) is 0 Å². The first-order chi connectivity index (χ1) is 13.4. The van der Waals surface area contributed by atoms with Crippen LogP contribution in [0.4, 0.5) is 5.69 Å². The van der Waals surface area contributed by atoms with Crippen LogP contribution >= 0.6 is 11.6 Å². The molecule has 0 spiro atoms. The van der Waals surface area contributed by atoms with Crippen LogP contribution in [0.3, 0.4) is 0 Å². The Morgan fingerprint density at radius 1 is 1.14 bits per heavy atom. The van der Waals surface area contributed by atoms with Crippen LogP contribution < -0.4 is 9.62 Å². The molecule has 2 unspecified atom stereocenters. The minimum absolute atomic E-state index is 0.199. The number of hydrogen-bond acceptors (Lipinski definition) is 4. The standard InChI is InChI=1S/C21H26ClN3O2S/c1-24-13-5-6-16(24)11-12-23-21-17-7-3-4-8-19(17)25(2)28(26,27)20-14-15(22)9-10-18(20)21/h3-4,7-10,14,16,21,23H,5-6,11-13H2,1-2H3. The third-order valence-corrected chi connectivity index (χ3v) is 8.07. The van der Waals surface area contributed by atoms with Gasteiger partial charge in [0.1, 0.15) is 0 Å². The number of benzene rings is 2. The minimum Gasteiger partial charge on any atom is -0.306 e. The van der Waals surface area contributed by atoms with Crippen LogP contribution in [0.15, 0.2) is 47.4 Å². The van der Waals surface area contributed by atoms with Crippen LogP contribution in [0.5, 0.6) is 0 Å². The van der Waals surface area contributed by atoms with E-state index in [9.17, 15) is 8.42 Å². The predicted octanol–water partition coefficient (Wildman–Crippen LogP) is 3.64. The average Bonchev–Trinajstić information content (AvgIpc) is 3.07. The summed E-state index contributed by atoms with van der Waals surface area (Å²) in [6.07, 6.45) is 3.52. The quantitative estimate of drug-likeness (QED) is 0.821. The largest absolute Gasteiger partial charge is 0.306 e. The molecule has 0 saturated carbocycles. The monoisotopic (exact) mass is 419 g/mol. The molecule has 1 N–H and O–H groups in total. The first kappa shape index (κ1) is 19.7. The van der Waals surface area contributed by atoms with Crippen LogP contribution in [-0.2, 0) is 10.0 Å². The van der Waals surface area contributed by atoms with Crippen molar-refractivity contribution in [3.63, 3.8) is 0 Å². The molecule has 2 atom stereocenters. The Hall–Kier alpha value is -1.60. The molecule has 1 fully saturated rings. The molecule has 7 heteroatoms. The summed E-state index contributed by atoms with van der Waals surface area (Å²) in [6, 6.07) is 13.3. The summed E-state index contributed by atoms with van der Waals surface area (Å²) < 4.78 is 27.9. The van der Waals surface area contributed by atoms with Crippen LogP contribution in [0, 0.1) is 0 Å². The Balaban J connectivity index is 1.73. The average molecular weight is 420 g/mol. The number of para-hydroxylation sites is 1. The Morgan fingerprint density at radius 3 is 2.68 bits per heavy atom. The van der Waals surface area contributed by atoms with Gasteiger partial charge in [0.05, 0.1) is 16.6 Å². The number of sulfonamides is 1. The Labute approximate surface area is 172 Å². The van der Waals surface area contributed by atoms with Gasteiger partial charge in [0.2, 0.25) is 0 Å². The Morgan fingerprint density at radius 2 is 1.93 bits per heavy atom. The fraction of sp³-hybridized carbons (Fsp3) is 0.429. The van der Waals surface area contributed by atoms with E-state index in [4.69, 9.17) is 11.6 Å². The van der Waals surface area contributed by atoms with Crippen molar-refractivity contribution < 1.29 is 8.42 Å².